The molecule has 2 aromatic carbocycles. The molecule has 4 rings (SSSR count). The Morgan fingerprint density at radius 3 is 2.72 bits per heavy atom. The van der Waals surface area contributed by atoms with Crippen LogP contribution in [0.2, 0.25) is 0 Å². The first kappa shape index (κ1) is 28.4. The Morgan fingerprint density at radius 1 is 1.26 bits per heavy atom. The summed E-state index contributed by atoms with van der Waals surface area (Å²) in [5.41, 5.74) is 13.7. The summed E-state index contributed by atoms with van der Waals surface area (Å²) in [5.74, 6) is 0.356. The van der Waals surface area contributed by atoms with Crippen molar-refractivity contribution in [3.8, 4) is 5.75 Å². The first-order chi connectivity index (χ1) is 18.6. The number of carbonyl (C=O) groups excluding carboxylic acids is 1. The number of hydrogen-bond donors (Lipinski definition) is 2. The molecule has 3 aromatic rings. The lowest BCUT2D eigenvalue weighted by molar-refractivity contribution is -0.151. The number of aryl methyl sites for hydroxylation is 1. The van der Waals surface area contributed by atoms with Crippen LogP contribution in [0.4, 0.5) is 11.4 Å². The van der Waals surface area contributed by atoms with Crippen molar-refractivity contribution in [2.45, 2.75) is 66.2 Å². The minimum Gasteiger partial charge on any atom is -0.487 e. The van der Waals surface area contributed by atoms with Crippen molar-refractivity contribution < 1.29 is 14.3 Å². The number of rotatable bonds is 8. The van der Waals surface area contributed by atoms with Crippen LogP contribution in [0, 0.1) is 19.3 Å². The second kappa shape index (κ2) is 11.7. The van der Waals surface area contributed by atoms with Crippen molar-refractivity contribution in [1.29, 1.82) is 0 Å². The number of aromatic nitrogens is 1. The normalized spacial score (nSPS) is 16.5. The highest BCUT2D eigenvalue weighted by atomic mass is 16.5. The third kappa shape index (κ3) is 5.74. The number of hydrogen-bond acceptors (Lipinski definition) is 7. The van der Waals surface area contributed by atoms with Crippen molar-refractivity contribution in [1.82, 2.24) is 9.88 Å². The number of methoxy groups -OCH3 is 1. The zero-order valence-corrected chi connectivity index (χ0v) is 24.3. The average Bonchev–Trinajstić information content (AvgIpc) is 3.11. The standard InChI is InChI=1S/C32H42N4O3/c1-8-24-18-36(19-27-28(39-24)10-9-15-35-27)17-23-16-22(12-11-20(23)2)29(32(4,5)31(37)38-7)25-13-14-26(34-6)30(33)21(25)3/h9-16,24,29,34H,8,17-19,33H2,1-7H3/t24-,29+/m1/s1. The molecule has 0 spiro atoms. The molecule has 2 heterocycles. The van der Waals surface area contributed by atoms with E-state index in [1.807, 2.05) is 52.2 Å². The topological polar surface area (TPSA) is 89.7 Å². The van der Waals surface area contributed by atoms with E-state index in [0.717, 1.165) is 53.3 Å². The van der Waals surface area contributed by atoms with E-state index in [1.165, 1.54) is 18.2 Å². The summed E-state index contributed by atoms with van der Waals surface area (Å²) in [6.07, 6.45) is 2.84. The second-order valence-electron chi connectivity index (χ2n) is 11.1. The Labute approximate surface area is 232 Å². The lowest BCUT2D eigenvalue weighted by atomic mass is 9.69. The molecule has 0 amide bonds. The van der Waals surface area contributed by atoms with E-state index in [9.17, 15) is 4.79 Å². The van der Waals surface area contributed by atoms with Crippen LogP contribution in [0.1, 0.15) is 66.6 Å². The van der Waals surface area contributed by atoms with Crippen LogP contribution in [0.15, 0.2) is 48.7 Å². The van der Waals surface area contributed by atoms with Crippen LogP contribution in [0.3, 0.4) is 0 Å². The molecule has 208 valence electrons. The van der Waals surface area contributed by atoms with Gasteiger partial charge in [-0.3, -0.25) is 14.7 Å². The smallest absolute Gasteiger partial charge is 0.312 e. The van der Waals surface area contributed by atoms with E-state index in [2.05, 4.69) is 53.3 Å². The molecular formula is C32H42N4O3. The van der Waals surface area contributed by atoms with Gasteiger partial charge in [0, 0.05) is 38.8 Å². The Morgan fingerprint density at radius 2 is 2.03 bits per heavy atom. The number of nitrogens with zero attached hydrogens (tertiary/aromatic N) is 2. The fraction of sp³-hybridized carbons (Fsp3) is 0.438. The third-order valence-electron chi connectivity index (χ3n) is 8.10. The van der Waals surface area contributed by atoms with Crippen molar-refractivity contribution >= 4 is 17.3 Å². The van der Waals surface area contributed by atoms with E-state index in [-0.39, 0.29) is 18.0 Å². The number of nitrogens with two attached hydrogens (primary N) is 1. The molecule has 0 aliphatic carbocycles. The molecule has 1 aromatic heterocycles. The van der Waals surface area contributed by atoms with Gasteiger partial charge in [0.1, 0.15) is 11.9 Å². The van der Waals surface area contributed by atoms with Crippen molar-refractivity contribution in [3.05, 3.63) is 82.2 Å². The molecule has 0 saturated heterocycles. The zero-order valence-electron chi connectivity index (χ0n) is 24.3. The summed E-state index contributed by atoms with van der Waals surface area (Å²) in [7, 11) is 3.31. The quantitative estimate of drug-likeness (QED) is 0.280. The Kier molecular flexibility index (Phi) is 8.50. The van der Waals surface area contributed by atoms with Gasteiger partial charge in [0.2, 0.25) is 0 Å². The summed E-state index contributed by atoms with van der Waals surface area (Å²) in [5, 5.41) is 3.16. The van der Waals surface area contributed by atoms with Crippen LogP contribution in [-0.4, -0.2) is 42.7 Å². The van der Waals surface area contributed by atoms with E-state index < -0.39 is 5.41 Å². The van der Waals surface area contributed by atoms with E-state index in [1.54, 1.807) is 0 Å². The number of esters is 1. The minimum atomic E-state index is -0.827. The number of nitrogens with one attached hydrogen (secondary N) is 1. The number of pyridine rings is 1. The molecule has 7 nitrogen and oxygen atoms in total. The van der Waals surface area contributed by atoms with Gasteiger partial charge in [-0.05, 0) is 80.1 Å². The Bertz CT molecular complexity index is 1340. The van der Waals surface area contributed by atoms with Gasteiger partial charge >= 0.3 is 5.97 Å². The van der Waals surface area contributed by atoms with E-state index in [4.69, 9.17) is 15.2 Å². The maximum Gasteiger partial charge on any atom is 0.312 e. The van der Waals surface area contributed by atoms with Gasteiger partial charge in [-0.1, -0.05) is 31.2 Å². The first-order valence-corrected chi connectivity index (χ1v) is 13.7. The lowest BCUT2D eigenvalue weighted by Gasteiger charge is -2.35. The highest BCUT2D eigenvalue weighted by molar-refractivity contribution is 5.79. The number of nitrogen functional groups attached to an aromatic ring is 1. The molecule has 3 N–H and O–H groups in total. The molecule has 1 aliphatic rings. The zero-order chi connectivity index (χ0) is 28.3. The van der Waals surface area contributed by atoms with Gasteiger partial charge in [0.05, 0.1) is 29.6 Å². The van der Waals surface area contributed by atoms with Crippen molar-refractivity contribution in [2.24, 2.45) is 5.41 Å². The molecule has 2 atom stereocenters. The van der Waals surface area contributed by atoms with Crippen molar-refractivity contribution in [3.63, 3.8) is 0 Å². The minimum absolute atomic E-state index is 0.0984. The van der Waals surface area contributed by atoms with Gasteiger partial charge in [-0.2, -0.15) is 0 Å². The number of benzene rings is 2. The monoisotopic (exact) mass is 530 g/mol. The first-order valence-electron chi connectivity index (χ1n) is 13.7. The fourth-order valence-corrected chi connectivity index (χ4v) is 5.69. The molecule has 1 aliphatic heterocycles. The second-order valence-corrected chi connectivity index (χ2v) is 11.1. The largest absolute Gasteiger partial charge is 0.487 e. The number of carbonyl (C=O) groups is 1. The van der Waals surface area contributed by atoms with E-state index in [0.29, 0.717) is 12.2 Å². The number of fused-ring (bicyclic) bond motifs is 1. The van der Waals surface area contributed by atoms with Crippen LogP contribution < -0.4 is 15.8 Å². The van der Waals surface area contributed by atoms with Gasteiger partial charge in [0.25, 0.3) is 0 Å². The highest BCUT2D eigenvalue weighted by Crippen LogP contribution is 2.45. The summed E-state index contributed by atoms with van der Waals surface area (Å²) in [4.78, 5) is 20.2. The molecule has 0 bridgehead atoms. The number of anilines is 2. The maximum atomic E-state index is 13.1. The molecular weight excluding hydrogens is 488 g/mol. The maximum absolute atomic E-state index is 13.1. The molecule has 0 unspecified atom stereocenters. The molecule has 39 heavy (non-hydrogen) atoms. The lowest BCUT2D eigenvalue weighted by Crippen LogP contribution is -2.34. The number of ether oxygens (including phenoxy) is 2. The third-order valence-corrected chi connectivity index (χ3v) is 8.10. The average molecular weight is 531 g/mol. The summed E-state index contributed by atoms with van der Waals surface area (Å²) >= 11 is 0. The van der Waals surface area contributed by atoms with Crippen molar-refractivity contribution in [2.75, 3.05) is 31.8 Å². The highest BCUT2D eigenvalue weighted by Gasteiger charge is 2.41. The fourth-order valence-electron chi connectivity index (χ4n) is 5.69. The molecule has 0 radical (unpaired) electrons. The molecule has 7 heteroatoms. The summed E-state index contributed by atoms with van der Waals surface area (Å²) in [6.45, 7) is 12.5. The molecule has 0 saturated carbocycles. The summed E-state index contributed by atoms with van der Waals surface area (Å²) < 4.78 is 11.6. The SMILES string of the molecule is CC[C@@H]1CN(Cc2cc([C@@H](c3ccc(NC)c(N)c3C)C(C)(C)C(=O)OC)ccc2C)Cc2ncccc2O1. The van der Waals surface area contributed by atoms with Gasteiger partial charge in [0.15, 0.2) is 0 Å². The van der Waals surface area contributed by atoms with E-state index >= 15 is 0 Å². The Balaban J connectivity index is 1.77. The van der Waals surface area contributed by atoms with Gasteiger partial charge in [-0.25, -0.2) is 0 Å². The van der Waals surface area contributed by atoms with Crippen LogP contribution in [-0.2, 0) is 22.6 Å². The van der Waals surface area contributed by atoms with Gasteiger partial charge in [-0.15, -0.1) is 0 Å². The Hall–Kier alpha value is -3.58. The molecule has 0 fully saturated rings. The van der Waals surface area contributed by atoms with Crippen LogP contribution in [0.5, 0.6) is 5.75 Å². The predicted octanol–water partition coefficient (Wildman–Crippen LogP) is 5.83. The predicted molar refractivity (Wildman–Crippen MR) is 157 cm³/mol. The van der Waals surface area contributed by atoms with Gasteiger partial charge < -0.3 is 20.5 Å². The summed E-state index contributed by atoms with van der Waals surface area (Å²) in [6, 6.07) is 14.5. The van der Waals surface area contributed by atoms with Crippen LogP contribution in [0.25, 0.3) is 0 Å². The van der Waals surface area contributed by atoms with Crippen LogP contribution >= 0.6 is 0 Å².